The van der Waals surface area contributed by atoms with E-state index >= 15 is 0 Å². The molecule has 5 rings (SSSR count). The molecule has 0 amide bonds. The van der Waals surface area contributed by atoms with Crippen molar-refractivity contribution in [1.29, 1.82) is 0 Å². The summed E-state index contributed by atoms with van der Waals surface area (Å²) >= 11 is 0. The fraction of sp³-hybridized carbons (Fsp3) is 0.500. The summed E-state index contributed by atoms with van der Waals surface area (Å²) in [5, 5.41) is 0. The molecule has 1 saturated carbocycles. The first kappa shape index (κ1) is 19.7. The molecule has 3 aliphatic heterocycles. The third-order valence-electron chi connectivity index (χ3n) is 8.00. The first-order valence-corrected chi connectivity index (χ1v) is 11.8. The van der Waals surface area contributed by atoms with E-state index in [0.29, 0.717) is 12.0 Å². The molecule has 0 bridgehead atoms. The third kappa shape index (κ3) is 2.83. The summed E-state index contributed by atoms with van der Waals surface area (Å²) in [7, 11) is 0. The molecule has 2 nitrogen and oxygen atoms in total. The Morgan fingerprint density at radius 3 is 2.60 bits per heavy atom. The fourth-order valence-electron chi connectivity index (χ4n) is 6.43. The maximum atomic E-state index is 4.39. The molecule has 4 aliphatic rings. The molecule has 2 heteroatoms. The zero-order chi connectivity index (χ0) is 21.2. The maximum absolute atomic E-state index is 4.39. The Morgan fingerprint density at radius 1 is 1.20 bits per heavy atom. The normalized spacial score (nSPS) is 26.7. The Morgan fingerprint density at radius 2 is 1.93 bits per heavy atom. The van der Waals surface area contributed by atoms with Crippen LogP contribution >= 0.6 is 0 Å². The average molecular weight is 401 g/mol. The largest absolute Gasteiger partial charge is 0.371 e. The maximum Gasteiger partial charge on any atom is 0.0491 e. The van der Waals surface area contributed by atoms with Crippen molar-refractivity contribution in [2.45, 2.75) is 71.8 Å². The van der Waals surface area contributed by atoms with Crippen molar-refractivity contribution >= 4 is 11.4 Å². The van der Waals surface area contributed by atoms with Gasteiger partial charge in [0.2, 0.25) is 0 Å². The van der Waals surface area contributed by atoms with E-state index in [9.17, 15) is 0 Å². The van der Waals surface area contributed by atoms with Crippen LogP contribution in [-0.2, 0) is 6.42 Å². The lowest BCUT2D eigenvalue weighted by Gasteiger charge is -2.48. The van der Waals surface area contributed by atoms with Crippen molar-refractivity contribution in [3.8, 4) is 0 Å². The molecule has 2 atom stereocenters. The van der Waals surface area contributed by atoms with Crippen LogP contribution in [0.3, 0.4) is 0 Å². The highest BCUT2D eigenvalue weighted by Gasteiger charge is 2.50. The summed E-state index contributed by atoms with van der Waals surface area (Å²) in [5.41, 5.74) is 11.0. The predicted octanol–water partition coefficient (Wildman–Crippen LogP) is 6.81. The van der Waals surface area contributed by atoms with Gasteiger partial charge >= 0.3 is 0 Å². The molecule has 0 N–H and O–H groups in total. The second-order valence-corrected chi connectivity index (χ2v) is 10.5. The Hall–Kier alpha value is -2.22. The van der Waals surface area contributed by atoms with Crippen LogP contribution in [0.1, 0.15) is 76.0 Å². The highest BCUT2D eigenvalue weighted by molar-refractivity contribution is 5.80. The van der Waals surface area contributed by atoms with Gasteiger partial charge in [-0.2, -0.15) is 0 Å². The molecule has 1 aromatic carbocycles. The summed E-state index contributed by atoms with van der Waals surface area (Å²) in [6.07, 6.45) is 11.0. The molecular weight excluding hydrogens is 364 g/mol. The first-order chi connectivity index (χ1) is 14.3. The number of allylic oxidation sites excluding steroid dienone is 4. The lowest BCUT2D eigenvalue weighted by atomic mass is 9.74. The van der Waals surface area contributed by atoms with Crippen LogP contribution in [0.5, 0.6) is 0 Å². The summed E-state index contributed by atoms with van der Waals surface area (Å²) in [4.78, 5) is 5.22. The van der Waals surface area contributed by atoms with Crippen molar-refractivity contribution in [2.75, 3.05) is 18.0 Å². The predicted molar refractivity (Wildman–Crippen MR) is 129 cm³/mol. The number of aryl methyl sites for hydroxylation is 1. The van der Waals surface area contributed by atoms with E-state index in [1.165, 1.54) is 66.9 Å². The van der Waals surface area contributed by atoms with Gasteiger partial charge in [-0.15, -0.1) is 0 Å². The Balaban J connectivity index is 1.72. The van der Waals surface area contributed by atoms with Gasteiger partial charge in [-0.25, -0.2) is 0 Å². The Labute approximate surface area is 182 Å². The molecule has 0 aromatic heterocycles. The molecule has 30 heavy (non-hydrogen) atoms. The van der Waals surface area contributed by atoms with Gasteiger partial charge in [-0.1, -0.05) is 33.9 Å². The number of nitrogens with zero attached hydrogens (tertiary/aromatic N) is 2. The first-order valence-electron chi connectivity index (χ1n) is 11.8. The molecule has 0 radical (unpaired) electrons. The van der Waals surface area contributed by atoms with E-state index in [-0.39, 0.29) is 5.41 Å². The minimum Gasteiger partial charge on any atom is -0.371 e. The van der Waals surface area contributed by atoms with Crippen molar-refractivity contribution in [1.82, 2.24) is 4.90 Å². The van der Waals surface area contributed by atoms with E-state index in [1.807, 2.05) is 0 Å². The molecule has 0 spiro atoms. The molecule has 1 saturated heterocycles. The summed E-state index contributed by atoms with van der Waals surface area (Å²) < 4.78 is 0. The van der Waals surface area contributed by atoms with Gasteiger partial charge in [0.25, 0.3) is 0 Å². The minimum atomic E-state index is 0.286. The van der Waals surface area contributed by atoms with Crippen molar-refractivity contribution in [3.05, 3.63) is 71.0 Å². The summed E-state index contributed by atoms with van der Waals surface area (Å²) in [6, 6.07) is 5.59. The van der Waals surface area contributed by atoms with E-state index in [0.717, 1.165) is 17.6 Å². The van der Waals surface area contributed by atoms with Crippen molar-refractivity contribution in [3.63, 3.8) is 0 Å². The molecule has 1 aliphatic carbocycles. The van der Waals surface area contributed by atoms with E-state index in [1.54, 1.807) is 5.56 Å². The van der Waals surface area contributed by atoms with Crippen LogP contribution < -0.4 is 4.90 Å². The smallest absolute Gasteiger partial charge is 0.0491 e. The molecule has 2 unspecified atom stereocenters. The van der Waals surface area contributed by atoms with Gasteiger partial charge in [0.15, 0.2) is 0 Å². The fourth-order valence-corrected chi connectivity index (χ4v) is 6.43. The van der Waals surface area contributed by atoms with E-state index < -0.39 is 0 Å². The average Bonchev–Trinajstić information content (AvgIpc) is 3.34. The second-order valence-electron chi connectivity index (χ2n) is 10.5. The van der Waals surface area contributed by atoms with E-state index in [4.69, 9.17) is 0 Å². The molecular formula is C28H36N2. The van der Waals surface area contributed by atoms with Gasteiger partial charge in [0, 0.05) is 48.2 Å². The van der Waals surface area contributed by atoms with Gasteiger partial charge in [-0.05, 0) is 90.5 Å². The quantitative estimate of drug-likeness (QED) is 0.550. The number of rotatable bonds is 3. The van der Waals surface area contributed by atoms with Gasteiger partial charge in [0.05, 0.1) is 0 Å². The number of anilines is 1. The highest BCUT2D eigenvalue weighted by atomic mass is 15.2. The number of fused-ring (bicyclic) bond motifs is 6. The van der Waals surface area contributed by atoms with Gasteiger partial charge in [-0.3, -0.25) is 0 Å². The van der Waals surface area contributed by atoms with Crippen LogP contribution in [0.15, 0.2) is 54.3 Å². The Kier molecular flexibility index (Phi) is 4.54. The summed E-state index contributed by atoms with van der Waals surface area (Å²) in [5.74, 6) is 0.591. The van der Waals surface area contributed by atoms with Crippen molar-refractivity contribution in [2.24, 2.45) is 5.41 Å². The summed E-state index contributed by atoms with van der Waals surface area (Å²) in [6.45, 7) is 20.3. The zero-order valence-electron chi connectivity index (χ0n) is 19.2. The van der Waals surface area contributed by atoms with Crippen LogP contribution in [0.25, 0.3) is 5.70 Å². The lowest BCUT2D eigenvalue weighted by molar-refractivity contribution is 0.195. The molecule has 158 valence electrons. The van der Waals surface area contributed by atoms with E-state index in [2.05, 4.69) is 75.1 Å². The highest BCUT2D eigenvalue weighted by Crippen LogP contribution is 2.57. The van der Waals surface area contributed by atoms with Gasteiger partial charge < -0.3 is 9.80 Å². The lowest BCUT2D eigenvalue weighted by Crippen LogP contribution is -2.45. The Bertz CT molecular complexity index is 984. The monoisotopic (exact) mass is 400 g/mol. The topological polar surface area (TPSA) is 6.48 Å². The van der Waals surface area contributed by atoms with Gasteiger partial charge in [0.1, 0.15) is 0 Å². The second kappa shape index (κ2) is 6.90. The van der Waals surface area contributed by atoms with Crippen molar-refractivity contribution < 1.29 is 0 Å². The third-order valence-corrected chi connectivity index (χ3v) is 8.00. The molecule has 3 heterocycles. The van der Waals surface area contributed by atoms with Crippen LogP contribution in [0.4, 0.5) is 5.69 Å². The number of benzene rings is 1. The molecule has 1 aromatic rings. The standard InChI is InChI=1S/C28H36N2/c1-7-20-15-23-22(16-25(20)29-12-8-9-13-29)21-10-11-28(5,6)27(21)30-17-24(18(2)3)19(4)14-26(23)30/h14-17,21,27H,2,4,7-13H2,1,3,5-6H3. The zero-order valence-corrected chi connectivity index (χ0v) is 19.2. The van der Waals surface area contributed by atoms with Crippen LogP contribution in [0.2, 0.25) is 0 Å². The van der Waals surface area contributed by atoms with Crippen LogP contribution in [-0.4, -0.2) is 24.0 Å². The van der Waals surface area contributed by atoms with Crippen LogP contribution in [0, 0.1) is 5.41 Å². The minimum absolute atomic E-state index is 0.286. The molecule has 2 fully saturated rings. The SMILES string of the molecule is C=C(C)C1=CN2C(=CC1=C)c1cc(CC)c(N3CCCC3)cc1C1CCC(C)(C)C12. The number of hydrogen-bond acceptors (Lipinski definition) is 2. The number of hydrogen-bond donors (Lipinski definition) is 0.